The van der Waals surface area contributed by atoms with E-state index in [0.29, 0.717) is 46.7 Å². The molecule has 0 unspecified atom stereocenters. The van der Waals surface area contributed by atoms with Crippen molar-refractivity contribution in [2.75, 3.05) is 25.5 Å². The number of hydrogen-bond donors (Lipinski definition) is 1. The molecule has 0 spiro atoms. The summed E-state index contributed by atoms with van der Waals surface area (Å²) in [7, 11) is 1.55. The van der Waals surface area contributed by atoms with Crippen molar-refractivity contribution in [1.82, 2.24) is 4.90 Å². The molecule has 1 aliphatic rings. The summed E-state index contributed by atoms with van der Waals surface area (Å²) in [5.74, 6) is 1.43. The average molecular weight is 405 g/mol. The monoisotopic (exact) mass is 404 g/mol. The van der Waals surface area contributed by atoms with E-state index in [9.17, 15) is 9.59 Å². The lowest BCUT2D eigenvalue weighted by Crippen LogP contribution is -2.40. The Hall–Kier alpha value is -2.47. The van der Waals surface area contributed by atoms with Crippen LogP contribution in [0, 0.1) is 12.8 Å². The molecule has 1 aliphatic heterocycles. The van der Waals surface area contributed by atoms with E-state index in [-0.39, 0.29) is 11.8 Å². The summed E-state index contributed by atoms with van der Waals surface area (Å²) >= 11 is 6.00. The number of piperidine rings is 1. The third-order valence-corrected chi connectivity index (χ3v) is 5.35. The first-order valence-corrected chi connectivity index (χ1v) is 9.82. The maximum atomic E-state index is 12.7. The number of nitrogens with one attached hydrogen (secondary N) is 1. The molecule has 0 bridgehead atoms. The second kappa shape index (κ2) is 9.15. The Morgan fingerprint density at radius 2 is 2.18 bits per heavy atom. The number of nitrogens with zero attached hydrogens (tertiary/aromatic N) is 1. The molecule has 1 saturated heterocycles. The summed E-state index contributed by atoms with van der Waals surface area (Å²) < 4.78 is 10.5. The quantitative estimate of drug-likeness (QED) is 0.768. The lowest BCUT2D eigenvalue weighted by molar-refractivity contribution is -0.116. The zero-order chi connectivity index (χ0) is 20.1. The van der Waals surface area contributed by atoms with Crippen LogP contribution in [0.5, 0.6) is 5.75 Å². The van der Waals surface area contributed by atoms with Crippen LogP contribution in [0.4, 0.5) is 5.69 Å². The Kier molecular flexibility index (Phi) is 6.62. The van der Waals surface area contributed by atoms with E-state index in [1.54, 1.807) is 44.6 Å². The molecule has 6 nitrogen and oxygen atoms in total. The Balaban J connectivity index is 1.53. The highest BCUT2D eigenvalue weighted by molar-refractivity contribution is 6.31. The minimum atomic E-state index is -0.0882. The average Bonchev–Trinajstić information content (AvgIpc) is 3.12. The molecule has 28 heavy (non-hydrogen) atoms. The van der Waals surface area contributed by atoms with Gasteiger partial charge in [0.15, 0.2) is 0 Å². The van der Waals surface area contributed by atoms with Gasteiger partial charge in [-0.3, -0.25) is 9.59 Å². The van der Waals surface area contributed by atoms with Gasteiger partial charge in [0.1, 0.15) is 11.5 Å². The topological polar surface area (TPSA) is 71.8 Å². The van der Waals surface area contributed by atoms with Crippen LogP contribution >= 0.6 is 11.6 Å². The zero-order valence-electron chi connectivity index (χ0n) is 16.2. The van der Waals surface area contributed by atoms with Gasteiger partial charge < -0.3 is 19.4 Å². The molecule has 2 amide bonds. The summed E-state index contributed by atoms with van der Waals surface area (Å²) in [6.45, 7) is 3.20. The van der Waals surface area contributed by atoms with Crippen LogP contribution in [-0.4, -0.2) is 36.9 Å². The van der Waals surface area contributed by atoms with Crippen molar-refractivity contribution in [1.29, 1.82) is 0 Å². The maximum absolute atomic E-state index is 12.7. The lowest BCUT2D eigenvalue weighted by Gasteiger charge is -2.32. The highest BCUT2D eigenvalue weighted by atomic mass is 35.5. The predicted molar refractivity (Wildman–Crippen MR) is 108 cm³/mol. The SMILES string of the molecule is COc1ccc(Cl)cc1NC(=O)CC[C@@H]1CCCN(C(=O)c2ccoc2C)C1. The Morgan fingerprint density at radius 1 is 1.36 bits per heavy atom. The molecule has 2 heterocycles. The number of amides is 2. The van der Waals surface area contributed by atoms with Gasteiger partial charge in [-0.1, -0.05) is 11.6 Å². The third-order valence-electron chi connectivity index (χ3n) is 5.11. The molecular weight excluding hydrogens is 380 g/mol. The van der Waals surface area contributed by atoms with Gasteiger partial charge in [-0.15, -0.1) is 0 Å². The molecule has 0 aliphatic carbocycles. The fourth-order valence-electron chi connectivity index (χ4n) is 3.59. The van der Waals surface area contributed by atoms with Crippen molar-refractivity contribution in [3.05, 3.63) is 46.9 Å². The smallest absolute Gasteiger partial charge is 0.257 e. The molecule has 0 saturated carbocycles. The van der Waals surface area contributed by atoms with Crippen LogP contribution in [0.15, 0.2) is 34.9 Å². The molecular formula is C21H25ClN2O4. The van der Waals surface area contributed by atoms with Gasteiger partial charge in [0.05, 0.1) is 24.6 Å². The first-order valence-electron chi connectivity index (χ1n) is 9.44. The highest BCUT2D eigenvalue weighted by Gasteiger charge is 2.26. The minimum absolute atomic E-state index is 0.00376. The number of carbonyl (C=O) groups is 2. The van der Waals surface area contributed by atoms with Crippen LogP contribution in [0.1, 0.15) is 41.8 Å². The first-order chi connectivity index (χ1) is 13.5. The molecule has 150 valence electrons. The van der Waals surface area contributed by atoms with Crippen molar-refractivity contribution in [3.8, 4) is 5.75 Å². The van der Waals surface area contributed by atoms with Crippen molar-refractivity contribution in [2.45, 2.75) is 32.6 Å². The van der Waals surface area contributed by atoms with Crippen molar-refractivity contribution in [3.63, 3.8) is 0 Å². The highest BCUT2D eigenvalue weighted by Crippen LogP contribution is 2.28. The van der Waals surface area contributed by atoms with Crippen molar-refractivity contribution in [2.24, 2.45) is 5.92 Å². The molecule has 1 fully saturated rings. The summed E-state index contributed by atoms with van der Waals surface area (Å²) in [5.41, 5.74) is 1.18. The van der Waals surface area contributed by atoms with Crippen molar-refractivity contribution >= 4 is 29.1 Å². The normalized spacial score (nSPS) is 16.7. The van der Waals surface area contributed by atoms with E-state index in [1.165, 1.54) is 0 Å². The summed E-state index contributed by atoms with van der Waals surface area (Å²) in [6.07, 6.45) is 4.60. The minimum Gasteiger partial charge on any atom is -0.495 e. The number of aryl methyl sites for hydroxylation is 1. The van der Waals surface area contributed by atoms with Crippen molar-refractivity contribution < 1.29 is 18.7 Å². The van der Waals surface area contributed by atoms with Crippen LogP contribution < -0.4 is 10.1 Å². The van der Waals surface area contributed by atoms with Crippen LogP contribution in [0.2, 0.25) is 5.02 Å². The largest absolute Gasteiger partial charge is 0.495 e. The summed E-state index contributed by atoms with van der Waals surface area (Å²) in [5, 5.41) is 3.40. The molecule has 0 radical (unpaired) electrons. The Bertz CT molecular complexity index is 849. The van der Waals surface area contributed by atoms with Crippen LogP contribution in [0.25, 0.3) is 0 Å². The molecule has 1 atom stereocenters. The standard InChI is InChI=1S/C21H25ClN2O4/c1-14-17(9-11-28-14)21(26)24-10-3-4-15(13-24)5-8-20(25)23-18-12-16(22)6-7-19(18)27-2/h6-7,9,11-12,15H,3-5,8,10,13H2,1-2H3,(H,23,25)/t15-/m0/s1. The first kappa shape index (κ1) is 20.3. The second-order valence-electron chi connectivity index (χ2n) is 7.08. The number of rotatable bonds is 6. The third kappa shape index (κ3) is 4.87. The predicted octanol–water partition coefficient (Wildman–Crippen LogP) is 4.52. The number of carbonyl (C=O) groups excluding carboxylic acids is 2. The molecule has 1 aromatic carbocycles. The number of furan rings is 1. The number of anilines is 1. The molecule has 1 N–H and O–H groups in total. The lowest BCUT2D eigenvalue weighted by atomic mass is 9.93. The molecule has 1 aromatic heterocycles. The number of hydrogen-bond acceptors (Lipinski definition) is 4. The zero-order valence-corrected chi connectivity index (χ0v) is 16.9. The van der Waals surface area contributed by atoms with E-state index in [0.717, 1.165) is 25.8 Å². The molecule has 3 rings (SSSR count). The van der Waals surface area contributed by atoms with Gasteiger partial charge in [-0.05, 0) is 56.4 Å². The fourth-order valence-corrected chi connectivity index (χ4v) is 3.76. The van der Waals surface area contributed by atoms with Gasteiger partial charge >= 0.3 is 0 Å². The van der Waals surface area contributed by atoms with E-state index < -0.39 is 0 Å². The molecule has 7 heteroatoms. The van der Waals surface area contributed by atoms with E-state index >= 15 is 0 Å². The van der Waals surface area contributed by atoms with E-state index in [4.69, 9.17) is 20.8 Å². The maximum Gasteiger partial charge on any atom is 0.257 e. The second-order valence-corrected chi connectivity index (χ2v) is 7.52. The summed E-state index contributed by atoms with van der Waals surface area (Å²) in [6, 6.07) is 6.82. The fraction of sp³-hybridized carbons (Fsp3) is 0.429. The van der Waals surface area contributed by atoms with Gasteiger partial charge in [-0.2, -0.15) is 0 Å². The Labute approximate surface area is 169 Å². The van der Waals surface area contributed by atoms with Crippen LogP contribution in [0.3, 0.4) is 0 Å². The number of ether oxygens (including phenoxy) is 1. The number of methoxy groups -OCH3 is 1. The van der Waals surface area contributed by atoms with E-state index in [1.807, 2.05) is 4.90 Å². The van der Waals surface area contributed by atoms with Gasteiger partial charge in [-0.25, -0.2) is 0 Å². The summed E-state index contributed by atoms with van der Waals surface area (Å²) in [4.78, 5) is 26.9. The van der Waals surface area contributed by atoms with Gasteiger partial charge in [0, 0.05) is 24.5 Å². The number of likely N-dealkylation sites (tertiary alicyclic amines) is 1. The van der Waals surface area contributed by atoms with Gasteiger partial charge in [0.2, 0.25) is 5.91 Å². The van der Waals surface area contributed by atoms with E-state index in [2.05, 4.69) is 5.32 Å². The van der Waals surface area contributed by atoms with Crippen LogP contribution in [-0.2, 0) is 4.79 Å². The number of halogens is 1. The number of benzene rings is 1. The Morgan fingerprint density at radius 3 is 2.89 bits per heavy atom. The van der Waals surface area contributed by atoms with Gasteiger partial charge in [0.25, 0.3) is 5.91 Å². The molecule has 2 aromatic rings.